The molecule has 27 heavy (non-hydrogen) atoms. The number of benzene rings is 2. The summed E-state index contributed by atoms with van der Waals surface area (Å²) in [6, 6.07) is 15.0. The molecule has 1 saturated heterocycles. The summed E-state index contributed by atoms with van der Waals surface area (Å²) in [6.07, 6.45) is -0.479. The van der Waals surface area contributed by atoms with Crippen molar-refractivity contribution in [2.24, 2.45) is 5.92 Å². The number of sulfone groups is 1. The number of hydrogen-bond donors (Lipinski definition) is 3. The number of rotatable bonds is 6. The van der Waals surface area contributed by atoms with Crippen LogP contribution in [0.5, 0.6) is 0 Å². The minimum atomic E-state index is -3.54. The summed E-state index contributed by atoms with van der Waals surface area (Å²) in [5.41, 5.74) is 0.990. The van der Waals surface area contributed by atoms with Crippen LogP contribution in [0.25, 0.3) is 0 Å². The van der Waals surface area contributed by atoms with Gasteiger partial charge in [0.05, 0.1) is 16.8 Å². The zero-order valence-corrected chi connectivity index (χ0v) is 16.3. The van der Waals surface area contributed by atoms with Gasteiger partial charge >= 0.3 is 0 Å². The Balaban J connectivity index is 0.00000261. The normalized spacial score (nSPS) is 19.3. The summed E-state index contributed by atoms with van der Waals surface area (Å²) < 4.78 is 25.2. The summed E-state index contributed by atoms with van der Waals surface area (Å²) in [5.74, 6) is -0.497. The molecule has 0 spiro atoms. The van der Waals surface area contributed by atoms with Crippen molar-refractivity contribution in [3.05, 3.63) is 65.7 Å². The van der Waals surface area contributed by atoms with Gasteiger partial charge in [0.25, 0.3) is 5.91 Å². The molecule has 2 aromatic rings. The summed E-state index contributed by atoms with van der Waals surface area (Å²) in [6.45, 7) is 1.51. The van der Waals surface area contributed by atoms with Crippen LogP contribution in [0, 0.1) is 5.92 Å². The molecule has 146 valence electrons. The van der Waals surface area contributed by atoms with Crippen LogP contribution >= 0.6 is 12.4 Å². The highest BCUT2D eigenvalue weighted by atomic mass is 35.5. The van der Waals surface area contributed by atoms with Gasteiger partial charge in [-0.2, -0.15) is 0 Å². The summed E-state index contributed by atoms with van der Waals surface area (Å²) in [7, 11) is -3.54. The molecule has 3 rings (SSSR count). The lowest BCUT2D eigenvalue weighted by Gasteiger charge is -2.14. The monoisotopic (exact) mass is 410 g/mol. The van der Waals surface area contributed by atoms with Crippen LogP contribution in [0.4, 0.5) is 0 Å². The molecule has 0 bridgehead atoms. The Morgan fingerprint density at radius 2 is 1.85 bits per heavy atom. The van der Waals surface area contributed by atoms with Crippen molar-refractivity contribution in [3.8, 4) is 0 Å². The second kappa shape index (κ2) is 9.32. The molecule has 6 nitrogen and oxygen atoms in total. The highest BCUT2D eigenvalue weighted by molar-refractivity contribution is 7.90. The number of aliphatic hydroxyl groups is 1. The third-order valence-electron chi connectivity index (χ3n) is 4.48. The van der Waals surface area contributed by atoms with Gasteiger partial charge in [0.1, 0.15) is 0 Å². The van der Waals surface area contributed by atoms with Gasteiger partial charge in [-0.15, -0.1) is 12.4 Å². The fraction of sp³-hybridized carbons (Fsp3) is 0.316. The van der Waals surface area contributed by atoms with E-state index >= 15 is 0 Å². The predicted molar refractivity (Wildman–Crippen MR) is 106 cm³/mol. The maximum absolute atomic E-state index is 12.6. The van der Waals surface area contributed by atoms with Crippen LogP contribution in [-0.2, 0) is 15.6 Å². The van der Waals surface area contributed by atoms with Gasteiger partial charge < -0.3 is 15.7 Å². The number of amides is 1. The topological polar surface area (TPSA) is 95.5 Å². The molecule has 0 radical (unpaired) electrons. The van der Waals surface area contributed by atoms with Gasteiger partial charge in [-0.25, -0.2) is 8.42 Å². The van der Waals surface area contributed by atoms with Crippen LogP contribution in [0.15, 0.2) is 59.5 Å². The number of aliphatic hydroxyl groups excluding tert-OH is 1. The van der Waals surface area contributed by atoms with Crippen molar-refractivity contribution in [2.45, 2.75) is 16.8 Å². The Bertz CT molecular complexity index is 874. The first-order valence-corrected chi connectivity index (χ1v) is 10.1. The maximum Gasteiger partial charge on any atom is 0.251 e. The Kier molecular flexibility index (Phi) is 7.38. The van der Waals surface area contributed by atoms with Crippen LogP contribution in [0.2, 0.25) is 0 Å². The standard InChI is InChI=1S/C19H22N2O4S.ClH/c22-18-12-20-10-16(18)11-21-19(23)15-7-4-8-17(9-15)26(24,25)13-14-5-2-1-3-6-14;/h1-9,16,18,20,22H,10-13H2,(H,21,23);1H. The molecule has 0 aliphatic carbocycles. The molecule has 0 saturated carbocycles. The third-order valence-corrected chi connectivity index (χ3v) is 6.17. The van der Waals surface area contributed by atoms with E-state index in [4.69, 9.17) is 0 Å². The quantitative estimate of drug-likeness (QED) is 0.669. The van der Waals surface area contributed by atoms with Crippen LogP contribution in [0.1, 0.15) is 15.9 Å². The summed E-state index contributed by atoms with van der Waals surface area (Å²) in [5, 5.41) is 15.6. The number of halogens is 1. The van der Waals surface area contributed by atoms with E-state index in [9.17, 15) is 18.3 Å². The van der Waals surface area contributed by atoms with E-state index in [1.807, 2.05) is 6.07 Å². The van der Waals surface area contributed by atoms with E-state index in [-0.39, 0.29) is 34.9 Å². The highest BCUT2D eigenvalue weighted by Gasteiger charge is 2.25. The number of carbonyl (C=O) groups is 1. The Morgan fingerprint density at radius 3 is 2.52 bits per heavy atom. The van der Waals surface area contributed by atoms with E-state index in [1.165, 1.54) is 12.1 Å². The van der Waals surface area contributed by atoms with Crippen molar-refractivity contribution in [3.63, 3.8) is 0 Å². The molecule has 1 fully saturated rings. The zero-order valence-electron chi connectivity index (χ0n) is 14.7. The fourth-order valence-electron chi connectivity index (χ4n) is 2.96. The summed E-state index contributed by atoms with van der Waals surface area (Å²) >= 11 is 0. The molecule has 1 amide bonds. The van der Waals surface area contributed by atoms with Gasteiger partial charge in [0.2, 0.25) is 0 Å². The Labute approximate surface area is 165 Å². The predicted octanol–water partition coefficient (Wildman–Crippen LogP) is 1.39. The smallest absolute Gasteiger partial charge is 0.251 e. The number of carbonyl (C=O) groups excluding carboxylic acids is 1. The van der Waals surface area contributed by atoms with Crippen LogP contribution in [-0.4, -0.2) is 45.2 Å². The Hall–Kier alpha value is -1.93. The minimum absolute atomic E-state index is 0. The second-order valence-corrected chi connectivity index (χ2v) is 8.46. The first-order chi connectivity index (χ1) is 12.5. The molecular weight excluding hydrogens is 388 g/mol. The van der Waals surface area contributed by atoms with Crippen LogP contribution < -0.4 is 10.6 Å². The molecule has 2 unspecified atom stereocenters. The van der Waals surface area contributed by atoms with E-state index in [0.29, 0.717) is 30.8 Å². The largest absolute Gasteiger partial charge is 0.391 e. The van der Waals surface area contributed by atoms with Gasteiger partial charge in [-0.1, -0.05) is 36.4 Å². The highest BCUT2D eigenvalue weighted by Crippen LogP contribution is 2.18. The maximum atomic E-state index is 12.6. The van der Waals surface area contributed by atoms with E-state index < -0.39 is 15.9 Å². The molecule has 1 aliphatic rings. The third kappa shape index (κ3) is 5.52. The van der Waals surface area contributed by atoms with E-state index in [0.717, 1.165) is 0 Å². The molecular formula is C19H23ClN2O4S. The number of nitrogens with one attached hydrogen (secondary N) is 2. The Morgan fingerprint density at radius 1 is 1.11 bits per heavy atom. The van der Waals surface area contributed by atoms with E-state index in [1.54, 1.807) is 36.4 Å². The van der Waals surface area contributed by atoms with Crippen molar-refractivity contribution in [1.82, 2.24) is 10.6 Å². The molecule has 1 aliphatic heterocycles. The van der Waals surface area contributed by atoms with Crippen molar-refractivity contribution < 1.29 is 18.3 Å². The minimum Gasteiger partial charge on any atom is -0.391 e. The lowest BCUT2D eigenvalue weighted by atomic mass is 10.1. The van der Waals surface area contributed by atoms with Gasteiger partial charge in [0.15, 0.2) is 9.84 Å². The average molecular weight is 411 g/mol. The van der Waals surface area contributed by atoms with Crippen LogP contribution in [0.3, 0.4) is 0 Å². The van der Waals surface area contributed by atoms with Crippen molar-refractivity contribution >= 4 is 28.2 Å². The number of β-amino-alcohol motifs (C(OH)–C–C–N with tert-alkyl or cyclic N) is 1. The molecule has 1 heterocycles. The SMILES string of the molecule is Cl.O=C(NCC1CNCC1O)c1cccc(S(=O)(=O)Cc2ccccc2)c1. The number of hydrogen-bond acceptors (Lipinski definition) is 5. The van der Waals surface area contributed by atoms with E-state index in [2.05, 4.69) is 10.6 Å². The molecule has 8 heteroatoms. The van der Waals surface area contributed by atoms with Crippen molar-refractivity contribution in [2.75, 3.05) is 19.6 Å². The molecule has 0 aromatic heterocycles. The fourth-order valence-corrected chi connectivity index (χ4v) is 4.35. The molecule has 3 N–H and O–H groups in total. The first kappa shape index (κ1) is 21.4. The average Bonchev–Trinajstić information content (AvgIpc) is 3.05. The lowest BCUT2D eigenvalue weighted by molar-refractivity contribution is 0.0927. The molecule has 2 atom stereocenters. The zero-order chi connectivity index (χ0) is 18.6. The lowest BCUT2D eigenvalue weighted by Crippen LogP contribution is -2.34. The molecule has 2 aromatic carbocycles. The first-order valence-electron chi connectivity index (χ1n) is 8.49. The van der Waals surface area contributed by atoms with Gasteiger partial charge in [-0.3, -0.25) is 4.79 Å². The summed E-state index contributed by atoms with van der Waals surface area (Å²) in [4.78, 5) is 12.5. The second-order valence-electron chi connectivity index (χ2n) is 6.47. The van der Waals surface area contributed by atoms with Gasteiger partial charge in [-0.05, 0) is 23.8 Å². The van der Waals surface area contributed by atoms with Crippen molar-refractivity contribution in [1.29, 1.82) is 0 Å². The van der Waals surface area contributed by atoms with Gasteiger partial charge in [0, 0.05) is 31.1 Å².